The number of aromatic nitrogens is 2. The van der Waals surface area contributed by atoms with Crippen molar-refractivity contribution in [3.05, 3.63) is 101 Å². The summed E-state index contributed by atoms with van der Waals surface area (Å²) in [5.41, 5.74) is 4.18. The number of imidazole rings is 1. The molecule has 36 heavy (non-hydrogen) atoms. The first-order valence-corrected chi connectivity index (χ1v) is 12.4. The SMILES string of the molecule is O=C(c1ccc2c(c1)C(=O)N(CCc1ccccc1)C2=O)N1CCC(c2nc3ccccc3[nH]2)CC1. The van der Waals surface area contributed by atoms with Crippen LogP contribution in [-0.2, 0) is 6.42 Å². The second-order valence-corrected chi connectivity index (χ2v) is 9.46. The number of amides is 3. The molecule has 4 aromatic rings. The summed E-state index contributed by atoms with van der Waals surface area (Å²) in [6.45, 7) is 1.55. The number of hydrogen-bond donors (Lipinski definition) is 1. The molecule has 2 aliphatic rings. The number of rotatable bonds is 5. The van der Waals surface area contributed by atoms with Gasteiger partial charge < -0.3 is 9.88 Å². The number of piperidine rings is 1. The van der Waals surface area contributed by atoms with Gasteiger partial charge in [0.25, 0.3) is 17.7 Å². The maximum absolute atomic E-state index is 13.3. The number of aromatic amines is 1. The third-order valence-electron chi connectivity index (χ3n) is 7.26. The van der Waals surface area contributed by atoms with Crippen molar-refractivity contribution in [2.75, 3.05) is 19.6 Å². The number of para-hydroxylation sites is 2. The average molecular weight is 479 g/mol. The number of fused-ring (bicyclic) bond motifs is 2. The van der Waals surface area contributed by atoms with Crippen molar-refractivity contribution in [1.29, 1.82) is 0 Å². The van der Waals surface area contributed by atoms with Crippen LogP contribution in [-0.4, -0.2) is 57.1 Å². The molecule has 7 heteroatoms. The van der Waals surface area contributed by atoms with Gasteiger partial charge >= 0.3 is 0 Å². The summed E-state index contributed by atoms with van der Waals surface area (Å²) in [4.78, 5) is 50.4. The summed E-state index contributed by atoms with van der Waals surface area (Å²) in [6.07, 6.45) is 2.24. The lowest BCUT2D eigenvalue weighted by atomic mass is 9.95. The minimum Gasteiger partial charge on any atom is -0.342 e. The largest absolute Gasteiger partial charge is 0.342 e. The minimum absolute atomic E-state index is 0.108. The van der Waals surface area contributed by atoms with E-state index in [-0.39, 0.29) is 23.6 Å². The molecule has 1 fully saturated rings. The van der Waals surface area contributed by atoms with Crippen molar-refractivity contribution < 1.29 is 14.4 Å². The average Bonchev–Trinajstić information content (AvgIpc) is 3.46. The molecule has 0 atom stereocenters. The smallest absolute Gasteiger partial charge is 0.261 e. The molecule has 0 radical (unpaired) electrons. The maximum Gasteiger partial charge on any atom is 0.261 e. The van der Waals surface area contributed by atoms with Gasteiger partial charge in [-0.2, -0.15) is 0 Å². The van der Waals surface area contributed by atoms with Gasteiger partial charge in [-0.05, 0) is 55.2 Å². The second-order valence-electron chi connectivity index (χ2n) is 9.46. The molecular weight excluding hydrogens is 452 g/mol. The molecule has 0 aliphatic carbocycles. The van der Waals surface area contributed by atoms with Gasteiger partial charge in [0.1, 0.15) is 5.82 Å². The predicted octanol–water partition coefficient (Wildman–Crippen LogP) is 4.42. The van der Waals surface area contributed by atoms with Gasteiger partial charge in [0, 0.05) is 31.1 Å². The first-order chi connectivity index (χ1) is 17.6. The Morgan fingerprint density at radius 3 is 2.39 bits per heavy atom. The maximum atomic E-state index is 13.3. The lowest BCUT2D eigenvalue weighted by Crippen LogP contribution is -2.38. The van der Waals surface area contributed by atoms with Crippen molar-refractivity contribution in [2.45, 2.75) is 25.2 Å². The van der Waals surface area contributed by atoms with Crippen LogP contribution in [0, 0.1) is 0 Å². The number of carbonyl (C=O) groups excluding carboxylic acids is 3. The van der Waals surface area contributed by atoms with E-state index < -0.39 is 0 Å². The zero-order valence-corrected chi connectivity index (χ0v) is 19.8. The third kappa shape index (κ3) is 3.96. The van der Waals surface area contributed by atoms with E-state index in [1.165, 1.54) is 4.90 Å². The predicted molar refractivity (Wildman–Crippen MR) is 136 cm³/mol. The van der Waals surface area contributed by atoms with E-state index in [9.17, 15) is 14.4 Å². The fraction of sp³-hybridized carbons (Fsp3) is 0.241. The molecule has 2 aliphatic heterocycles. The van der Waals surface area contributed by atoms with Crippen LogP contribution < -0.4 is 0 Å². The lowest BCUT2D eigenvalue weighted by molar-refractivity contribution is 0.0655. The molecule has 3 aromatic carbocycles. The zero-order chi connectivity index (χ0) is 24.6. The molecule has 0 saturated carbocycles. The molecular formula is C29H26N4O3. The molecule has 0 unspecified atom stereocenters. The van der Waals surface area contributed by atoms with Gasteiger partial charge in [-0.25, -0.2) is 4.98 Å². The van der Waals surface area contributed by atoms with E-state index in [1.807, 2.05) is 59.5 Å². The third-order valence-corrected chi connectivity index (χ3v) is 7.26. The van der Waals surface area contributed by atoms with Crippen LogP contribution in [0.1, 0.15) is 61.2 Å². The van der Waals surface area contributed by atoms with Crippen LogP contribution in [0.2, 0.25) is 0 Å². The van der Waals surface area contributed by atoms with Gasteiger partial charge in [-0.3, -0.25) is 19.3 Å². The summed E-state index contributed by atoms with van der Waals surface area (Å²) in [7, 11) is 0. The topological polar surface area (TPSA) is 86.4 Å². The molecule has 3 heterocycles. The standard InChI is InChI=1S/C29H26N4O3/c34-27(32-15-13-20(14-16-32)26-30-24-8-4-5-9-25(24)31-26)21-10-11-22-23(18-21)29(36)33(28(22)35)17-12-19-6-2-1-3-7-19/h1-11,18,20H,12-17H2,(H,30,31). The Labute approximate surface area is 208 Å². The Balaban J connectivity index is 1.12. The molecule has 1 saturated heterocycles. The summed E-state index contributed by atoms with van der Waals surface area (Å²) in [6, 6.07) is 22.6. The van der Waals surface area contributed by atoms with Crippen molar-refractivity contribution in [3.63, 3.8) is 0 Å². The van der Waals surface area contributed by atoms with Crippen LogP contribution in [0.3, 0.4) is 0 Å². The molecule has 7 nitrogen and oxygen atoms in total. The van der Waals surface area contributed by atoms with Gasteiger partial charge in [0.05, 0.1) is 22.2 Å². The summed E-state index contributed by atoms with van der Waals surface area (Å²) in [5, 5.41) is 0. The first-order valence-electron chi connectivity index (χ1n) is 12.4. The van der Waals surface area contributed by atoms with E-state index >= 15 is 0 Å². The van der Waals surface area contributed by atoms with Crippen LogP contribution >= 0.6 is 0 Å². The van der Waals surface area contributed by atoms with E-state index in [0.29, 0.717) is 42.7 Å². The number of nitrogens with one attached hydrogen (secondary N) is 1. The number of nitrogens with zero attached hydrogens (tertiary/aromatic N) is 3. The fourth-order valence-electron chi connectivity index (χ4n) is 5.22. The van der Waals surface area contributed by atoms with Gasteiger partial charge in [-0.15, -0.1) is 0 Å². The highest BCUT2D eigenvalue weighted by Gasteiger charge is 2.36. The molecule has 3 amide bonds. The Hall–Kier alpha value is -4.26. The number of likely N-dealkylation sites (tertiary alicyclic amines) is 1. The van der Waals surface area contributed by atoms with E-state index in [2.05, 4.69) is 4.98 Å². The molecule has 1 N–H and O–H groups in total. The number of imide groups is 1. The van der Waals surface area contributed by atoms with E-state index in [1.54, 1.807) is 18.2 Å². The second kappa shape index (κ2) is 9.07. The van der Waals surface area contributed by atoms with Crippen molar-refractivity contribution in [2.24, 2.45) is 0 Å². The van der Waals surface area contributed by atoms with Crippen molar-refractivity contribution in [3.8, 4) is 0 Å². The van der Waals surface area contributed by atoms with Crippen molar-refractivity contribution in [1.82, 2.24) is 19.8 Å². The Bertz CT molecular complexity index is 1440. The minimum atomic E-state index is -0.329. The van der Waals surface area contributed by atoms with Crippen LogP contribution in [0.15, 0.2) is 72.8 Å². The van der Waals surface area contributed by atoms with Crippen molar-refractivity contribution >= 4 is 28.8 Å². The summed E-state index contributed by atoms with van der Waals surface area (Å²) < 4.78 is 0. The summed E-state index contributed by atoms with van der Waals surface area (Å²) in [5.74, 6) is 0.518. The van der Waals surface area contributed by atoms with Gasteiger partial charge in [0.2, 0.25) is 0 Å². The molecule has 0 spiro atoms. The number of carbonyl (C=O) groups is 3. The van der Waals surface area contributed by atoms with E-state index in [0.717, 1.165) is 35.3 Å². The molecule has 0 bridgehead atoms. The van der Waals surface area contributed by atoms with Crippen LogP contribution in [0.5, 0.6) is 0 Å². The Kier molecular flexibility index (Phi) is 5.60. The lowest BCUT2D eigenvalue weighted by Gasteiger charge is -2.31. The fourth-order valence-corrected chi connectivity index (χ4v) is 5.22. The Morgan fingerprint density at radius 2 is 1.61 bits per heavy atom. The van der Waals surface area contributed by atoms with Crippen LogP contribution in [0.4, 0.5) is 0 Å². The molecule has 1 aromatic heterocycles. The summed E-state index contributed by atoms with van der Waals surface area (Å²) >= 11 is 0. The zero-order valence-electron chi connectivity index (χ0n) is 19.8. The Morgan fingerprint density at radius 1 is 0.889 bits per heavy atom. The number of H-pyrrole nitrogens is 1. The van der Waals surface area contributed by atoms with E-state index in [4.69, 9.17) is 4.98 Å². The highest BCUT2D eigenvalue weighted by atomic mass is 16.2. The molecule has 6 rings (SSSR count). The quantitative estimate of drug-likeness (QED) is 0.430. The number of hydrogen-bond acceptors (Lipinski definition) is 4. The first kappa shape index (κ1) is 22.2. The highest BCUT2D eigenvalue weighted by molar-refractivity contribution is 6.22. The normalized spacial score (nSPS) is 16.1. The highest BCUT2D eigenvalue weighted by Crippen LogP contribution is 2.30. The van der Waals surface area contributed by atoms with Gasteiger partial charge in [-0.1, -0.05) is 42.5 Å². The number of benzene rings is 3. The monoisotopic (exact) mass is 478 g/mol. The van der Waals surface area contributed by atoms with Gasteiger partial charge in [0.15, 0.2) is 0 Å². The van der Waals surface area contributed by atoms with Crippen LogP contribution in [0.25, 0.3) is 11.0 Å². The molecule has 180 valence electrons.